The molecule has 0 bridgehead atoms. The number of likely N-dealkylation sites (tertiary alicyclic amines) is 1. The van der Waals surface area contributed by atoms with Gasteiger partial charge in [-0.15, -0.1) is 11.3 Å². The Labute approximate surface area is 204 Å². The Hall–Kier alpha value is -2.35. The van der Waals surface area contributed by atoms with E-state index in [1.807, 2.05) is 23.6 Å². The lowest BCUT2D eigenvalue weighted by Crippen LogP contribution is -2.41. The standard InChI is InChI=1S/C27H32F2N2O2S/c1-26(2,29)13-12-19-6-11-24(33-3)22(16-19)27(32,18-31-14-4-5-15-31)25-30-23(17-34-25)20-7-9-21(28)10-8-20/h6-11,16-17,32H,4-5,12-15,18H2,1-3H3. The van der Waals surface area contributed by atoms with Crippen molar-refractivity contribution in [3.8, 4) is 17.0 Å². The number of ether oxygens (including phenoxy) is 1. The molecule has 0 spiro atoms. The molecule has 1 saturated heterocycles. The van der Waals surface area contributed by atoms with Crippen LogP contribution in [0.4, 0.5) is 8.78 Å². The summed E-state index contributed by atoms with van der Waals surface area (Å²) in [6.07, 6.45) is 3.13. The van der Waals surface area contributed by atoms with Gasteiger partial charge in [0.05, 0.1) is 12.8 Å². The number of benzene rings is 2. The Balaban J connectivity index is 1.76. The van der Waals surface area contributed by atoms with Gasteiger partial charge in [-0.05, 0) is 94.6 Å². The van der Waals surface area contributed by atoms with Gasteiger partial charge in [0.25, 0.3) is 0 Å². The van der Waals surface area contributed by atoms with Crippen LogP contribution in [0.3, 0.4) is 0 Å². The Bertz CT molecular complexity index is 1100. The van der Waals surface area contributed by atoms with E-state index in [0.717, 1.165) is 37.1 Å². The first-order valence-corrected chi connectivity index (χ1v) is 12.6. The topological polar surface area (TPSA) is 45.6 Å². The predicted octanol–water partition coefficient (Wildman–Crippen LogP) is 5.97. The number of aromatic nitrogens is 1. The summed E-state index contributed by atoms with van der Waals surface area (Å²) in [7, 11) is 1.59. The molecule has 2 heterocycles. The van der Waals surface area contributed by atoms with Gasteiger partial charge in [0.2, 0.25) is 0 Å². The first-order chi connectivity index (χ1) is 16.2. The summed E-state index contributed by atoms with van der Waals surface area (Å²) in [5, 5.41) is 14.7. The number of aliphatic hydroxyl groups is 1. The van der Waals surface area contributed by atoms with Crippen molar-refractivity contribution >= 4 is 11.3 Å². The molecule has 1 fully saturated rings. The molecule has 1 atom stereocenters. The molecule has 1 aromatic heterocycles. The summed E-state index contributed by atoms with van der Waals surface area (Å²) in [6, 6.07) is 11.9. The van der Waals surface area contributed by atoms with E-state index in [1.165, 1.54) is 23.5 Å². The number of alkyl halides is 1. The maximum atomic E-state index is 14.2. The zero-order chi connectivity index (χ0) is 24.3. The van der Waals surface area contributed by atoms with Crippen molar-refractivity contribution < 1.29 is 18.6 Å². The first kappa shape index (κ1) is 24.8. The van der Waals surface area contributed by atoms with E-state index in [0.29, 0.717) is 41.4 Å². The van der Waals surface area contributed by atoms with Crippen molar-refractivity contribution in [1.29, 1.82) is 0 Å². The van der Waals surface area contributed by atoms with Crippen LogP contribution in [0.1, 0.15) is 49.2 Å². The van der Waals surface area contributed by atoms with Gasteiger partial charge in [0.15, 0.2) is 5.60 Å². The van der Waals surface area contributed by atoms with Gasteiger partial charge >= 0.3 is 0 Å². The smallest absolute Gasteiger partial charge is 0.157 e. The number of nitrogens with zero attached hydrogens (tertiary/aromatic N) is 2. The number of methoxy groups -OCH3 is 1. The summed E-state index contributed by atoms with van der Waals surface area (Å²) in [5.41, 5.74) is 0.380. The van der Waals surface area contributed by atoms with Crippen molar-refractivity contribution in [2.45, 2.75) is 50.8 Å². The molecule has 0 aliphatic carbocycles. The fourth-order valence-electron chi connectivity index (χ4n) is 4.42. The molecule has 0 saturated carbocycles. The largest absolute Gasteiger partial charge is 0.496 e. The van der Waals surface area contributed by atoms with E-state index in [9.17, 15) is 13.9 Å². The van der Waals surface area contributed by atoms with E-state index < -0.39 is 11.3 Å². The third kappa shape index (κ3) is 5.65. The molecule has 0 amide bonds. The summed E-state index contributed by atoms with van der Waals surface area (Å²) >= 11 is 1.38. The third-order valence-corrected chi connectivity index (χ3v) is 7.36. The molecule has 3 aromatic rings. The number of halogens is 2. The third-order valence-electron chi connectivity index (χ3n) is 6.37. The minimum absolute atomic E-state index is 0.303. The predicted molar refractivity (Wildman–Crippen MR) is 133 cm³/mol. The SMILES string of the molecule is COc1ccc(CCC(C)(C)F)cc1C(O)(CN1CCCC1)c1nc(-c2ccc(F)cc2)cs1. The summed E-state index contributed by atoms with van der Waals surface area (Å²) < 4.78 is 33.2. The first-order valence-electron chi connectivity index (χ1n) is 11.7. The zero-order valence-corrected chi connectivity index (χ0v) is 20.8. The second-order valence-corrected chi connectivity index (χ2v) is 10.5. The fourth-order valence-corrected chi connectivity index (χ4v) is 5.36. The minimum Gasteiger partial charge on any atom is -0.496 e. The molecule has 7 heteroatoms. The molecule has 34 heavy (non-hydrogen) atoms. The van der Waals surface area contributed by atoms with Crippen LogP contribution in [-0.4, -0.2) is 47.4 Å². The van der Waals surface area contributed by atoms with Gasteiger partial charge in [-0.2, -0.15) is 0 Å². The number of hydrogen-bond donors (Lipinski definition) is 1. The number of β-amino-alcohol motifs (C(OH)–C–C–N with tert-alkyl or cyclic N) is 1. The molecule has 4 rings (SSSR count). The van der Waals surface area contributed by atoms with Crippen molar-refractivity contribution in [3.63, 3.8) is 0 Å². The van der Waals surface area contributed by atoms with Crippen LogP contribution in [0.2, 0.25) is 0 Å². The summed E-state index contributed by atoms with van der Waals surface area (Å²) in [4.78, 5) is 7.04. The average Bonchev–Trinajstić information content (AvgIpc) is 3.50. The van der Waals surface area contributed by atoms with Crippen LogP contribution in [0.15, 0.2) is 47.8 Å². The van der Waals surface area contributed by atoms with Crippen molar-refractivity contribution in [2.75, 3.05) is 26.7 Å². The van der Waals surface area contributed by atoms with Crippen molar-refractivity contribution in [2.24, 2.45) is 0 Å². The summed E-state index contributed by atoms with van der Waals surface area (Å²) in [6.45, 7) is 5.37. The number of rotatable bonds is 9. The number of aryl methyl sites for hydroxylation is 1. The molecular formula is C27H32F2N2O2S. The van der Waals surface area contributed by atoms with Crippen molar-refractivity contribution in [1.82, 2.24) is 9.88 Å². The maximum Gasteiger partial charge on any atom is 0.157 e. The van der Waals surface area contributed by atoms with E-state index in [1.54, 1.807) is 33.1 Å². The molecule has 2 aromatic carbocycles. The van der Waals surface area contributed by atoms with Crippen LogP contribution in [0.25, 0.3) is 11.3 Å². The van der Waals surface area contributed by atoms with E-state index in [-0.39, 0.29) is 5.82 Å². The maximum absolute atomic E-state index is 14.2. The van der Waals surface area contributed by atoms with Crippen molar-refractivity contribution in [3.05, 3.63) is 69.8 Å². The van der Waals surface area contributed by atoms with E-state index in [2.05, 4.69) is 4.90 Å². The van der Waals surface area contributed by atoms with Crippen LogP contribution in [0.5, 0.6) is 5.75 Å². The fraction of sp³-hybridized carbons (Fsp3) is 0.444. The van der Waals surface area contributed by atoms with Gasteiger partial charge in [-0.25, -0.2) is 13.8 Å². The van der Waals surface area contributed by atoms with Gasteiger partial charge in [-0.1, -0.05) is 6.07 Å². The van der Waals surface area contributed by atoms with E-state index in [4.69, 9.17) is 9.72 Å². The van der Waals surface area contributed by atoms with Gasteiger partial charge in [0.1, 0.15) is 22.2 Å². The number of hydrogen-bond acceptors (Lipinski definition) is 5. The zero-order valence-electron chi connectivity index (χ0n) is 20.0. The Morgan fingerprint density at radius 2 is 1.82 bits per heavy atom. The van der Waals surface area contributed by atoms with Gasteiger partial charge < -0.3 is 9.84 Å². The Morgan fingerprint density at radius 1 is 1.12 bits per heavy atom. The van der Waals surface area contributed by atoms with Gasteiger partial charge in [0, 0.05) is 23.1 Å². The highest BCUT2D eigenvalue weighted by Gasteiger charge is 2.40. The highest BCUT2D eigenvalue weighted by Crippen LogP contribution is 2.40. The van der Waals surface area contributed by atoms with E-state index >= 15 is 0 Å². The molecule has 1 aliphatic heterocycles. The normalized spacial score (nSPS) is 16.5. The molecule has 1 unspecified atom stereocenters. The molecule has 1 aliphatic rings. The van der Waals surface area contributed by atoms with Crippen LogP contribution in [0, 0.1) is 5.82 Å². The molecular weight excluding hydrogens is 454 g/mol. The van der Waals surface area contributed by atoms with Crippen LogP contribution < -0.4 is 4.74 Å². The number of thiazole rings is 1. The lowest BCUT2D eigenvalue weighted by atomic mass is 9.89. The monoisotopic (exact) mass is 486 g/mol. The highest BCUT2D eigenvalue weighted by atomic mass is 32.1. The molecule has 1 N–H and O–H groups in total. The Morgan fingerprint density at radius 3 is 2.47 bits per heavy atom. The van der Waals surface area contributed by atoms with Crippen LogP contribution >= 0.6 is 11.3 Å². The lowest BCUT2D eigenvalue weighted by Gasteiger charge is -2.32. The summed E-state index contributed by atoms with van der Waals surface area (Å²) in [5.74, 6) is 0.270. The quantitative estimate of drug-likeness (QED) is 0.405. The molecule has 0 radical (unpaired) electrons. The second kappa shape index (κ2) is 10.1. The minimum atomic E-state index is -1.40. The highest BCUT2D eigenvalue weighted by molar-refractivity contribution is 7.10. The second-order valence-electron chi connectivity index (χ2n) is 9.64. The van der Waals surface area contributed by atoms with Gasteiger partial charge in [-0.3, -0.25) is 4.90 Å². The lowest BCUT2D eigenvalue weighted by molar-refractivity contribution is 0.0409. The average molecular weight is 487 g/mol. The molecule has 182 valence electrons. The molecule has 4 nitrogen and oxygen atoms in total. The Kier molecular flexibility index (Phi) is 7.36. The van der Waals surface area contributed by atoms with Crippen LogP contribution in [-0.2, 0) is 12.0 Å².